The number of hydrogen-bond acceptors (Lipinski definition) is 4. The van der Waals surface area contributed by atoms with Gasteiger partial charge in [0.1, 0.15) is 5.69 Å². The molecule has 3 heterocycles. The van der Waals surface area contributed by atoms with Crippen molar-refractivity contribution in [2.24, 2.45) is 0 Å². The van der Waals surface area contributed by atoms with E-state index < -0.39 is 0 Å². The van der Waals surface area contributed by atoms with Gasteiger partial charge in [-0.15, -0.1) is 0 Å². The van der Waals surface area contributed by atoms with Crippen LogP contribution in [0, 0.1) is 0 Å². The molecule has 1 unspecified atom stereocenters. The molecule has 2 saturated heterocycles. The van der Waals surface area contributed by atoms with Gasteiger partial charge in [0.05, 0.1) is 13.2 Å². The Bertz CT molecular complexity index is 434. The zero-order valence-corrected chi connectivity index (χ0v) is 11.0. The van der Waals surface area contributed by atoms with Crippen LogP contribution in [0.3, 0.4) is 0 Å². The molecule has 2 aliphatic rings. The highest BCUT2D eigenvalue weighted by Crippen LogP contribution is 2.22. The molecule has 104 valence electrons. The molecular weight excluding hydrogens is 244 g/mol. The van der Waals surface area contributed by atoms with Crippen molar-refractivity contribution < 1.29 is 9.53 Å². The van der Waals surface area contributed by atoms with Crippen molar-refractivity contribution in [2.75, 3.05) is 39.4 Å². The van der Waals surface area contributed by atoms with E-state index in [0.717, 1.165) is 25.2 Å². The lowest BCUT2D eigenvalue weighted by molar-refractivity contribution is 0.0299. The van der Waals surface area contributed by atoms with E-state index >= 15 is 0 Å². The summed E-state index contributed by atoms with van der Waals surface area (Å²) in [7, 11) is 0. The lowest BCUT2D eigenvalue weighted by atomic mass is 9.96. The lowest BCUT2D eigenvalue weighted by Gasteiger charge is -2.25. The van der Waals surface area contributed by atoms with Gasteiger partial charge in [-0.25, -0.2) is 0 Å². The van der Waals surface area contributed by atoms with E-state index in [9.17, 15) is 4.79 Å². The number of amides is 1. The fraction of sp³-hybridized carbons (Fsp3) is 0.692. The van der Waals surface area contributed by atoms with E-state index in [4.69, 9.17) is 4.74 Å². The Morgan fingerprint density at radius 2 is 2.26 bits per heavy atom. The molecule has 19 heavy (non-hydrogen) atoms. The Morgan fingerprint density at radius 1 is 1.42 bits per heavy atom. The first-order valence-electron chi connectivity index (χ1n) is 6.97. The standard InChI is InChI=1S/C13H20N4O2/c18-13(17-4-6-19-7-5-17)12-8-11(15-16-12)10-2-1-3-14-9-10/h8,10,14H,1-7,9H2,(H,15,16). The first-order valence-corrected chi connectivity index (χ1v) is 6.97. The summed E-state index contributed by atoms with van der Waals surface area (Å²) in [6.45, 7) is 4.61. The summed E-state index contributed by atoms with van der Waals surface area (Å²) in [6.07, 6.45) is 2.33. The van der Waals surface area contributed by atoms with Crippen LogP contribution in [0.25, 0.3) is 0 Å². The predicted molar refractivity (Wildman–Crippen MR) is 70.2 cm³/mol. The van der Waals surface area contributed by atoms with Crippen LogP contribution in [0.5, 0.6) is 0 Å². The number of carbonyl (C=O) groups is 1. The fourth-order valence-electron chi connectivity index (χ4n) is 2.70. The maximum atomic E-state index is 12.3. The molecule has 6 nitrogen and oxygen atoms in total. The van der Waals surface area contributed by atoms with Gasteiger partial charge in [0.2, 0.25) is 0 Å². The van der Waals surface area contributed by atoms with Crippen molar-refractivity contribution >= 4 is 5.91 Å². The zero-order valence-electron chi connectivity index (χ0n) is 11.0. The maximum Gasteiger partial charge on any atom is 0.274 e. The molecule has 6 heteroatoms. The Morgan fingerprint density at radius 3 is 3.00 bits per heavy atom. The fourth-order valence-corrected chi connectivity index (χ4v) is 2.70. The van der Waals surface area contributed by atoms with Gasteiger partial charge in [-0.05, 0) is 25.5 Å². The average molecular weight is 264 g/mol. The zero-order chi connectivity index (χ0) is 13.1. The quantitative estimate of drug-likeness (QED) is 0.808. The summed E-state index contributed by atoms with van der Waals surface area (Å²) >= 11 is 0. The number of ether oxygens (including phenoxy) is 1. The Balaban J connectivity index is 1.67. The summed E-state index contributed by atoms with van der Waals surface area (Å²) in [5.74, 6) is 0.460. The molecule has 3 rings (SSSR count). The van der Waals surface area contributed by atoms with E-state index in [1.54, 1.807) is 0 Å². The minimum atomic E-state index is 0.00886. The number of carbonyl (C=O) groups excluding carboxylic acids is 1. The Labute approximate surface area is 112 Å². The van der Waals surface area contributed by atoms with Gasteiger partial charge in [0.25, 0.3) is 5.91 Å². The van der Waals surface area contributed by atoms with Crippen molar-refractivity contribution in [3.05, 3.63) is 17.5 Å². The van der Waals surface area contributed by atoms with Gasteiger partial charge in [-0.3, -0.25) is 9.89 Å². The van der Waals surface area contributed by atoms with Crippen molar-refractivity contribution in [3.63, 3.8) is 0 Å². The van der Waals surface area contributed by atoms with Gasteiger partial charge >= 0.3 is 0 Å². The topological polar surface area (TPSA) is 70.2 Å². The highest BCUT2D eigenvalue weighted by atomic mass is 16.5. The molecule has 0 aromatic carbocycles. The van der Waals surface area contributed by atoms with Crippen LogP contribution in [-0.4, -0.2) is 60.4 Å². The van der Waals surface area contributed by atoms with Crippen molar-refractivity contribution in [3.8, 4) is 0 Å². The third kappa shape index (κ3) is 2.79. The van der Waals surface area contributed by atoms with Crippen LogP contribution in [-0.2, 0) is 4.74 Å². The Hall–Kier alpha value is -1.40. The number of rotatable bonds is 2. The SMILES string of the molecule is O=C(c1cc(C2CCCNC2)[nH]n1)N1CCOCC1. The van der Waals surface area contributed by atoms with Crippen molar-refractivity contribution in [2.45, 2.75) is 18.8 Å². The van der Waals surface area contributed by atoms with E-state index in [-0.39, 0.29) is 5.91 Å². The third-order valence-corrected chi connectivity index (χ3v) is 3.85. The summed E-state index contributed by atoms with van der Waals surface area (Å²) in [4.78, 5) is 14.1. The smallest absolute Gasteiger partial charge is 0.274 e. The van der Waals surface area contributed by atoms with Crippen molar-refractivity contribution in [1.82, 2.24) is 20.4 Å². The third-order valence-electron chi connectivity index (χ3n) is 3.85. The van der Waals surface area contributed by atoms with Gasteiger partial charge in [0.15, 0.2) is 0 Å². The van der Waals surface area contributed by atoms with E-state index in [2.05, 4.69) is 15.5 Å². The van der Waals surface area contributed by atoms with Crippen molar-refractivity contribution in [1.29, 1.82) is 0 Å². The highest BCUT2D eigenvalue weighted by molar-refractivity contribution is 5.92. The number of piperidine rings is 1. The summed E-state index contributed by atoms with van der Waals surface area (Å²) < 4.78 is 5.26. The van der Waals surface area contributed by atoms with Gasteiger partial charge in [-0.1, -0.05) is 0 Å². The second-order valence-electron chi connectivity index (χ2n) is 5.16. The molecule has 0 aliphatic carbocycles. The molecule has 1 atom stereocenters. The molecule has 1 amide bonds. The number of nitrogens with one attached hydrogen (secondary N) is 2. The Kier molecular flexibility index (Phi) is 3.79. The summed E-state index contributed by atoms with van der Waals surface area (Å²) in [5, 5.41) is 10.6. The number of nitrogens with zero attached hydrogens (tertiary/aromatic N) is 2. The molecule has 2 aliphatic heterocycles. The summed E-state index contributed by atoms with van der Waals surface area (Å²) in [5.41, 5.74) is 1.60. The van der Waals surface area contributed by atoms with Gasteiger partial charge in [-0.2, -0.15) is 5.10 Å². The van der Waals surface area contributed by atoms with Crippen LogP contribution in [0.4, 0.5) is 0 Å². The van der Waals surface area contributed by atoms with Crippen LogP contribution in [0.2, 0.25) is 0 Å². The molecule has 0 radical (unpaired) electrons. The van der Waals surface area contributed by atoms with Crippen LogP contribution in [0.15, 0.2) is 6.07 Å². The summed E-state index contributed by atoms with van der Waals surface area (Å²) in [6, 6.07) is 1.91. The molecule has 0 bridgehead atoms. The van der Waals surface area contributed by atoms with Gasteiger partial charge < -0.3 is 15.0 Å². The minimum absolute atomic E-state index is 0.00886. The first-order chi connectivity index (χ1) is 9.34. The number of morpholine rings is 1. The predicted octanol–water partition coefficient (Wildman–Crippen LogP) is 0.349. The lowest BCUT2D eigenvalue weighted by Crippen LogP contribution is -2.40. The molecule has 0 saturated carbocycles. The second-order valence-corrected chi connectivity index (χ2v) is 5.16. The van der Waals surface area contributed by atoms with E-state index in [0.29, 0.717) is 37.9 Å². The van der Waals surface area contributed by atoms with Crippen LogP contribution >= 0.6 is 0 Å². The molecule has 2 N–H and O–H groups in total. The largest absolute Gasteiger partial charge is 0.378 e. The normalized spacial score (nSPS) is 24.4. The maximum absolute atomic E-state index is 12.3. The second kappa shape index (κ2) is 5.71. The number of hydrogen-bond donors (Lipinski definition) is 2. The van der Waals surface area contributed by atoms with Crippen LogP contribution < -0.4 is 5.32 Å². The first kappa shape index (κ1) is 12.6. The number of aromatic amines is 1. The average Bonchev–Trinajstić information content (AvgIpc) is 2.98. The minimum Gasteiger partial charge on any atom is -0.378 e. The van der Waals surface area contributed by atoms with Crippen LogP contribution in [0.1, 0.15) is 34.9 Å². The molecule has 1 aromatic heterocycles. The molecule has 2 fully saturated rings. The number of aromatic nitrogens is 2. The highest BCUT2D eigenvalue weighted by Gasteiger charge is 2.23. The monoisotopic (exact) mass is 264 g/mol. The molecule has 0 spiro atoms. The molecular formula is C13H20N4O2. The van der Waals surface area contributed by atoms with E-state index in [1.165, 1.54) is 6.42 Å². The molecule has 1 aromatic rings. The van der Waals surface area contributed by atoms with E-state index in [1.807, 2.05) is 11.0 Å². The number of H-pyrrole nitrogens is 1. The van der Waals surface area contributed by atoms with Gasteiger partial charge in [0, 0.05) is 31.2 Å².